The molecule has 0 bridgehead atoms. The highest BCUT2D eigenvalue weighted by molar-refractivity contribution is 7.14. The number of nitrogens with one attached hydrogen (secondary N) is 1. The number of amides is 1. The molecule has 0 unspecified atom stereocenters. The zero-order valence-electron chi connectivity index (χ0n) is 10.5. The van der Waals surface area contributed by atoms with E-state index in [0.29, 0.717) is 11.5 Å². The van der Waals surface area contributed by atoms with E-state index in [1.54, 1.807) is 23.5 Å². The van der Waals surface area contributed by atoms with Gasteiger partial charge in [-0.1, -0.05) is 0 Å². The molecule has 1 aliphatic rings. The zero-order chi connectivity index (χ0) is 13.2. The minimum atomic E-state index is -0.0864. The van der Waals surface area contributed by atoms with Crippen LogP contribution in [-0.2, 0) is 12.8 Å². The van der Waals surface area contributed by atoms with Crippen LogP contribution in [0.4, 0.5) is 11.5 Å². The van der Waals surface area contributed by atoms with E-state index in [0.717, 1.165) is 17.7 Å². The lowest BCUT2D eigenvalue weighted by atomic mass is 9.99. The monoisotopic (exact) mass is 273 g/mol. The molecule has 3 N–H and O–H groups in total. The van der Waals surface area contributed by atoms with Gasteiger partial charge in [-0.15, -0.1) is 11.3 Å². The van der Waals surface area contributed by atoms with Crippen LogP contribution in [0.3, 0.4) is 0 Å². The van der Waals surface area contributed by atoms with Crippen LogP contribution >= 0.6 is 11.3 Å². The number of rotatable bonds is 2. The molecular weight excluding hydrogens is 258 g/mol. The molecule has 3 rings (SSSR count). The summed E-state index contributed by atoms with van der Waals surface area (Å²) < 4.78 is 0. The molecule has 0 aliphatic heterocycles. The first-order valence-electron chi connectivity index (χ1n) is 6.37. The molecule has 2 aromatic rings. The van der Waals surface area contributed by atoms with Crippen LogP contribution in [0, 0.1) is 0 Å². The molecule has 1 aliphatic carbocycles. The van der Waals surface area contributed by atoms with Crippen molar-refractivity contribution in [2.24, 2.45) is 0 Å². The lowest BCUT2D eigenvalue weighted by molar-refractivity contribution is 0.103. The predicted molar refractivity (Wildman–Crippen MR) is 77.6 cm³/mol. The minimum absolute atomic E-state index is 0.0864. The molecule has 0 aromatic carbocycles. The molecule has 1 amide bonds. The first-order valence-corrected chi connectivity index (χ1v) is 7.18. The van der Waals surface area contributed by atoms with Gasteiger partial charge in [0.2, 0.25) is 0 Å². The van der Waals surface area contributed by atoms with Crippen LogP contribution in [0.15, 0.2) is 24.4 Å². The lowest BCUT2D eigenvalue weighted by Gasteiger charge is -2.08. The Morgan fingerprint density at radius 2 is 2.16 bits per heavy atom. The standard InChI is InChI=1S/C14H15N3OS/c15-10-5-6-13(16-8-10)17-14(18)12-7-9-3-1-2-4-11(9)19-12/h5-8H,1-4,15H2,(H,16,17,18). The Balaban J connectivity index is 1.76. The Morgan fingerprint density at radius 1 is 1.32 bits per heavy atom. The maximum Gasteiger partial charge on any atom is 0.266 e. The Morgan fingerprint density at radius 3 is 2.89 bits per heavy atom. The van der Waals surface area contributed by atoms with Gasteiger partial charge >= 0.3 is 0 Å². The summed E-state index contributed by atoms with van der Waals surface area (Å²) in [6.45, 7) is 0. The van der Waals surface area contributed by atoms with Crippen LogP contribution in [0.25, 0.3) is 0 Å². The van der Waals surface area contributed by atoms with Crippen molar-refractivity contribution in [3.63, 3.8) is 0 Å². The smallest absolute Gasteiger partial charge is 0.266 e. The average Bonchev–Trinajstić information content (AvgIpc) is 2.85. The van der Waals surface area contributed by atoms with E-state index in [1.165, 1.54) is 29.5 Å². The number of aromatic nitrogens is 1. The van der Waals surface area contributed by atoms with Gasteiger partial charge in [0.05, 0.1) is 16.8 Å². The van der Waals surface area contributed by atoms with Crippen molar-refractivity contribution in [1.82, 2.24) is 4.98 Å². The number of carbonyl (C=O) groups excluding carboxylic acids is 1. The van der Waals surface area contributed by atoms with Crippen molar-refractivity contribution in [2.45, 2.75) is 25.7 Å². The molecule has 0 fully saturated rings. The van der Waals surface area contributed by atoms with Crippen molar-refractivity contribution in [3.8, 4) is 0 Å². The fourth-order valence-corrected chi connectivity index (χ4v) is 3.41. The summed E-state index contributed by atoms with van der Waals surface area (Å²) in [5.74, 6) is 0.447. The molecule has 4 nitrogen and oxygen atoms in total. The molecule has 2 aromatic heterocycles. The lowest BCUT2D eigenvalue weighted by Crippen LogP contribution is -2.11. The number of nitrogens with two attached hydrogens (primary N) is 1. The van der Waals surface area contributed by atoms with Crippen molar-refractivity contribution >= 4 is 28.7 Å². The van der Waals surface area contributed by atoms with Gasteiger partial charge in [0, 0.05) is 4.88 Å². The predicted octanol–water partition coefficient (Wildman–Crippen LogP) is 2.86. The second-order valence-corrected chi connectivity index (χ2v) is 5.83. The molecule has 19 heavy (non-hydrogen) atoms. The van der Waals surface area contributed by atoms with Gasteiger partial charge in [-0.05, 0) is 49.4 Å². The highest BCUT2D eigenvalue weighted by Gasteiger charge is 2.17. The third-order valence-electron chi connectivity index (χ3n) is 3.25. The van der Waals surface area contributed by atoms with Gasteiger partial charge in [-0.3, -0.25) is 4.79 Å². The SMILES string of the molecule is Nc1ccc(NC(=O)c2cc3c(s2)CCCC3)nc1. The third-order valence-corrected chi connectivity index (χ3v) is 4.48. The quantitative estimate of drug-likeness (QED) is 0.884. The van der Waals surface area contributed by atoms with Gasteiger partial charge in [0.25, 0.3) is 5.91 Å². The molecule has 98 valence electrons. The number of nitrogens with zero attached hydrogens (tertiary/aromatic N) is 1. The molecule has 0 radical (unpaired) electrons. The van der Waals surface area contributed by atoms with Crippen LogP contribution in [0.2, 0.25) is 0 Å². The topological polar surface area (TPSA) is 68.0 Å². The van der Waals surface area contributed by atoms with Crippen molar-refractivity contribution in [3.05, 3.63) is 39.7 Å². The van der Waals surface area contributed by atoms with Crippen LogP contribution < -0.4 is 11.1 Å². The summed E-state index contributed by atoms with van der Waals surface area (Å²) in [5.41, 5.74) is 7.49. The summed E-state index contributed by atoms with van der Waals surface area (Å²) in [4.78, 5) is 18.3. The maximum atomic E-state index is 12.1. The average molecular weight is 273 g/mol. The zero-order valence-corrected chi connectivity index (χ0v) is 11.3. The van der Waals surface area contributed by atoms with E-state index in [2.05, 4.69) is 10.3 Å². The Bertz CT molecular complexity index is 580. The van der Waals surface area contributed by atoms with Gasteiger partial charge in [0.1, 0.15) is 5.82 Å². The summed E-state index contributed by atoms with van der Waals surface area (Å²) in [5, 5.41) is 2.80. The van der Waals surface area contributed by atoms with Crippen LogP contribution in [0.1, 0.15) is 33.0 Å². The first kappa shape index (κ1) is 12.2. The number of pyridine rings is 1. The number of fused-ring (bicyclic) bond motifs is 1. The Kier molecular flexibility index (Phi) is 3.21. The van der Waals surface area contributed by atoms with E-state index in [9.17, 15) is 4.79 Å². The van der Waals surface area contributed by atoms with Crippen molar-refractivity contribution < 1.29 is 4.79 Å². The number of anilines is 2. The summed E-state index contributed by atoms with van der Waals surface area (Å²) >= 11 is 1.60. The van der Waals surface area contributed by atoms with Crippen LogP contribution in [-0.4, -0.2) is 10.9 Å². The largest absolute Gasteiger partial charge is 0.397 e. The molecule has 2 heterocycles. The van der Waals surface area contributed by atoms with E-state index in [4.69, 9.17) is 5.73 Å². The maximum absolute atomic E-state index is 12.1. The Labute approximate surface area is 115 Å². The normalized spacial score (nSPS) is 13.9. The van der Waals surface area contributed by atoms with Gasteiger partial charge in [-0.2, -0.15) is 0 Å². The second-order valence-electron chi connectivity index (χ2n) is 4.70. The summed E-state index contributed by atoms with van der Waals surface area (Å²) in [6.07, 6.45) is 6.19. The number of nitrogen functional groups attached to an aromatic ring is 1. The number of hydrogen-bond donors (Lipinski definition) is 2. The highest BCUT2D eigenvalue weighted by atomic mass is 32.1. The van der Waals surface area contributed by atoms with Crippen molar-refractivity contribution in [1.29, 1.82) is 0 Å². The summed E-state index contributed by atoms with van der Waals surface area (Å²) in [7, 11) is 0. The molecule has 0 saturated heterocycles. The Hall–Kier alpha value is -1.88. The third kappa shape index (κ3) is 2.61. The van der Waals surface area contributed by atoms with Gasteiger partial charge in [0.15, 0.2) is 0 Å². The number of thiophene rings is 1. The molecule has 0 saturated carbocycles. The molecule has 5 heteroatoms. The van der Waals surface area contributed by atoms with E-state index >= 15 is 0 Å². The van der Waals surface area contributed by atoms with E-state index < -0.39 is 0 Å². The fourth-order valence-electron chi connectivity index (χ4n) is 2.26. The number of carbonyl (C=O) groups is 1. The fraction of sp³-hybridized carbons (Fsp3) is 0.286. The van der Waals surface area contributed by atoms with Crippen LogP contribution in [0.5, 0.6) is 0 Å². The van der Waals surface area contributed by atoms with Gasteiger partial charge in [-0.25, -0.2) is 4.98 Å². The molecular formula is C14H15N3OS. The van der Waals surface area contributed by atoms with E-state index in [-0.39, 0.29) is 5.91 Å². The minimum Gasteiger partial charge on any atom is -0.397 e. The highest BCUT2D eigenvalue weighted by Crippen LogP contribution is 2.29. The molecule has 0 atom stereocenters. The van der Waals surface area contributed by atoms with Gasteiger partial charge < -0.3 is 11.1 Å². The number of aryl methyl sites for hydroxylation is 2. The summed E-state index contributed by atoms with van der Waals surface area (Å²) in [6, 6.07) is 5.45. The first-order chi connectivity index (χ1) is 9.22. The van der Waals surface area contributed by atoms with E-state index in [1.807, 2.05) is 6.07 Å². The molecule has 0 spiro atoms. The second kappa shape index (κ2) is 5.01. The van der Waals surface area contributed by atoms with Crippen molar-refractivity contribution in [2.75, 3.05) is 11.1 Å². The number of hydrogen-bond acceptors (Lipinski definition) is 4.